The van der Waals surface area contributed by atoms with E-state index in [1.54, 1.807) is 4.90 Å². The number of sulfonamides is 1. The molecule has 0 aromatic heterocycles. The summed E-state index contributed by atoms with van der Waals surface area (Å²) in [5, 5.41) is 6.70. The van der Waals surface area contributed by atoms with Gasteiger partial charge in [0.1, 0.15) is 0 Å². The Labute approximate surface area is 135 Å². The fourth-order valence-corrected chi connectivity index (χ4v) is 2.68. The topological polar surface area (TPSA) is 110 Å². The van der Waals surface area contributed by atoms with Gasteiger partial charge >= 0.3 is 0 Å². The number of primary sulfonamides is 1. The summed E-state index contributed by atoms with van der Waals surface area (Å²) in [6.45, 7) is 3.61. The second-order valence-corrected chi connectivity index (χ2v) is 7.87. The number of nitrogens with one attached hydrogen (secondary N) is 1. The first-order valence-corrected chi connectivity index (χ1v) is 8.96. The smallest absolute Gasteiger partial charge is 0.227 e. The lowest BCUT2D eigenvalue weighted by atomic mass is 10.1. The summed E-state index contributed by atoms with van der Waals surface area (Å²) in [7, 11) is -3.68. The maximum atomic E-state index is 12.1. The Kier molecular flexibility index (Phi) is 5.06. The van der Waals surface area contributed by atoms with E-state index in [-0.39, 0.29) is 31.3 Å². The lowest BCUT2D eigenvalue weighted by Gasteiger charge is -2.17. The zero-order valence-corrected chi connectivity index (χ0v) is 14.0. The van der Waals surface area contributed by atoms with Gasteiger partial charge in [0, 0.05) is 25.2 Å². The van der Waals surface area contributed by atoms with Crippen molar-refractivity contribution in [1.82, 2.24) is 5.32 Å². The maximum absolute atomic E-state index is 12.1. The lowest BCUT2D eigenvalue weighted by molar-refractivity contribution is -0.126. The summed E-state index contributed by atoms with van der Waals surface area (Å²) in [5.41, 5.74) is 1.85. The number of amides is 2. The van der Waals surface area contributed by atoms with E-state index in [2.05, 4.69) is 5.32 Å². The summed E-state index contributed by atoms with van der Waals surface area (Å²) >= 11 is 0. The number of carbonyl (C=O) groups is 2. The van der Waals surface area contributed by atoms with Gasteiger partial charge in [-0.05, 0) is 26.0 Å². The first kappa shape index (κ1) is 17.4. The molecule has 0 saturated carbocycles. The number of rotatable bonds is 5. The predicted molar refractivity (Wildman–Crippen MR) is 87.2 cm³/mol. The van der Waals surface area contributed by atoms with Crippen LogP contribution in [0.2, 0.25) is 0 Å². The summed E-state index contributed by atoms with van der Waals surface area (Å²) in [6.07, 6.45) is 0.115. The average Bonchev–Trinajstić information content (AvgIpc) is 2.86. The van der Waals surface area contributed by atoms with Crippen LogP contribution in [0.3, 0.4) is 0 Å². The van der Waals surface area contributed by atoms with Crippen LogP contribution in [-0.4, -0.2) is 38.6 Å². The molecule has 0 radical (unpaired) electrons. The predicted octanol–water partition coefficient (Wildman–Crippen LogP) is 0.141. The van der Waals surface area contributed by atoms with Crippen LogP contribution in [-0.2, 0) is 19.6 Å². The molecule has 2 amide bonds. The summed E-state index contributed by atoms with van der Waals surface area (Å²) < 4.78 is 22.3. The van der Waals surface area contributed by atoms with E-state index in [0.29, 0.717) is 0 Å². The van der Waals surface area contributed by atoms with Gasteiger partial charge in [-0.3, -0.25) is 9.59 Å². The van der Waals surface area contributed by atoms with E-state index in [1.807, 2.05) is 31.2 Å². The highest BCUT2D eigenvalue weighted by Crippen LogP contribution is 2.25. The SMILES string of the molecule is Cc1ccc(N2C[C@@H](C(=O)NC[C@H](C)S(N)(=O)=O)CC2=O)cc1. The van der Waals surface area contributed by atoms with Gasteiger partial charge in [-0.15, -0.1) is 0 Å². The van der Waals surface area contributed by atoms with Crippen LogP contribution in [0, 0.1) is 12.8 Å². The number of hydrogen-bond donors (Lipinski definition) is 2. The van der Waals surface area contributed by atoms with Crippen LogP contribution >= 0.6 is 0 Å². The molecule has 2 rings (SSSR count). The Morgan fingerprint density at radius 3 is 2.57 bits per heavy atom. The van der Waals surface area contributed by atoms with Crippen LogP contribution in [0.15, 0.2) is 24.3 Å². The van der Waals surface area contributed by atoms with Crippen molar-refractivity contribution in [2.45, 2.75) is 25.5 Å². The molecule has 1 aromatic rings. The van der Waals surface area contributed by atoms with E-state index < -0.39 is 21.2 Å². The Hall–Kier alpha value is -1.93. The van der Waals surface area contributed by atoms with Gasteiger partial charge < -0.3 is 10.2 Å². The maximum Gasteiger partial charge on any atom is 0.227 e. The Morgan fingerprint density at radius 2 is 2.00 bits per heavy atom. The van der Waals surface area contributed by atoms with E-state index >= 15 is 0 Å². The lowest BCUT2D eigenvalue weighted by Crippen LogP contribution is -2.41. The molecule has 0 spiro atoms. The molecule has 1 heterocycles. The van der Waals surface area contributed by atoms with Crippen molar-refractivity contribution in [1.29, 1.82) is 0 Å². The molecule has 2 atom stereocenters. The number of anilines is 1. The van der Waals surface area contributed by atoms with Crippen LogP contribution in [0.5, 0.6) is 0 Å². The molecule has 1 saturated heterocycles. The fraction of sp³-hybridized carbons (Fsp3) is 0.467. The molecule has 8 heteroatoms. The standard InChI is InChI=1S/C15H21N3O4S/c1-10-3-5-13(6-4-10)18-9-12(7-14(18)19)15(20)17-8-11(2)23(16,21)22/h3-6,11-12H,7-9H2,1-2H3,(H,17,20)(H2,16,21,22)/t11-,12-/m0/s1. The molecule has 3 N–H and O–H groups in total. The van der Waals surface area contributed by atoms with Gasteiger partial charge in [0.25, 0.3) is 0 Å². The van der Waals surface area contributed by atoms with Gasteiger partial charge in [0.15, 0.2) is 0 Å². The monoisotopic (exact) mass is 339 g/mol. The van der Waals surface area contributed by atoms with Gasteiger partial charge in [-0.25, -0.2) is 13.6 Å². The molecular formula is C15H21N3O4S. The molecule has 126 valence electrons. The van der Waals surface area contributed by atoms with Gasteiger partial charge in [0.2, 0.25) is 21.8 Å². The molecule has 0 bridgehead atoms. The van der Waals surface area contributed by atoms with Gasteiger partial charge in [-0.1, -0.05) is 17.7 Å². The molecule has 0 aliphatic carbocycles. The zero-order chi connectivity index (χ0) is 17.2. The van der Waals surface area contributed by atoms with Crippen LogP contribution < -0.4 is 15.4 Å². The number of aryl methyl sites for hydroxylation is 1. The third-order valence-electron chi connectivity index (χ3n) is 3.97. The van der Waals surface area contributed by atoms with Gasteiger partial charge in [-0.2, -0.15) is 0 Å². The molecule has 1 aromatic carbocycles. The number of nitrogens with zero attached hydrogens (tertiary/aromatic N) is 1. The second kappa shape index (κ2) is 6.67. The molecular weight excluding hydrogens is 318 g/mol. The van der Waals surface area contributed by atoms with Crippen molar-refractivity contribution in [2.24, 2.45) is 11.1 Å². The third kappa shape index (κ3) is 4.29. The van der Waals surface area contributed by atoms with Crippen molar-refractivity contribution in [3.05, 3.63) is 29.8 Å². The van der Waals surface area contributed by atoms with Crippen LogP contribution in [0.25, 0.3) is 0 Å². The van der Waals surface area contributed by atoms with Gasteiger partial charge in [0.05, 0.1) is 11.2 Å². The second-order valence-electron chi connectivity index (χ2n) is 5.89. The minimum atomic E-state index is -3.68. The summed E-state index contributed by atoms with van der Waals surface area (Å²) in [5.74, 6) is -0.937. The van der Waals surface area contributed by atoms with E-state index in [1.165, 1.54) is 6.92 Å². The highest BCUT2D eigenvalue weighted by Gasteiger charge is 2.35. The Bertz CT molecular complexity index is 700. The summed E-state index contributed by atoms with van der Waals surface area (Å²) in [6, 6.07) is 7.50. The summed E-state index contributed by atoms with van der Waals surface area (Å²) in [4.78, 5) is 25.8. The molecule has 23 heavy (non-hydrogen) atoms. The quantitative estimate of drug-likeness (QED) is 0.795. The molecule has 1 fully saturated rings. The van der Waals surface area contributed by atoms with Crippen molar-refractivity contribution in [3.8, 4) is 0 Å². The molecule has 1 aliphatic heterocycles. The number of benzene rings is 1. The highest BCUT2D eigenvalue weighted by molar-refractivity contribution is 7.89. The van der Waals surface area contributed by atoms with Crippen molar-refractivity contribution in [2.75, 3.05) is 18.0 Å². The minimum absolute atomic E-state index is 0.0626. The number of carbonyl (C=O) groups excluding carboxylic acids is 2. The highest BCUT2D eigenvalue weighted by atomic mass is 32.2. The third-order valence-corrected chi connectivity index (χ3v) is 5.25. The van der Waals surface area contributed by atoms with E-state index in [9.17, 15) is 18.0 Å². The van der Waals surface area contributed by atoms with Crippen molar-refractivity contribution in [3.63, 3.8) is 0 Å². The largest absolute Gasteiger partial charge is 0.354 e. The molecule has 7 nitrogen and oxygen atoms in total. The Balaban J connectivity index is 1.96. The Morgan fingerprint density at radius 1 is 1.39 bits per heavy atom. The normalized spacial score (nSPS) is 19.7. The van der Waals surface area contributed by atoms with Crippen molar-refractivity contribution >= 4 is 27.5 Å². The van der Waals surface area contributed by atoms with E-state index in [4.69, 9.17) is 5.14 Å². The fourth-order valence-electron chi connectivity index (χ4n) is 2.36. The number of hydrogen-bond acceptors (Lipinski definition) is 4. The first-order chi connectivity index (χ1) is 10.7. The van der Waals surface area contributed by atoms with Crippen molar-refractivity contribution < 1.29 is 18.0 Å². The average molecular weight is 339 g/mol. The molecule has 0 unspecified atom stereocenters. The van der Waals surface area contributed by atoms with Crippen LogP contribution in [0.4, 0.5) is 5.69 Å². The zero-order valence-electron chi connectivity index (χ0n) is 13.2. The first-order valence-electron chi connectivity index (χ1n) is 7.35. The van der Waals surface area contributed by atoms with E-state index in [0.717, 1.165) is 11.3 Å². The van der Waals surface area contributed by atoms with Crippen LogP contribution in [0.1, 0.15) is 18.9 Å². The molecule has 1 aliphatic rings. The minimum Gasteiger partial charge on any atom is -0.354 e. The number of nitrogens with two attached hydrogens (primary N) is 1.